The van der Waals surface area contributed by atoms with E-state index in [4.69, 9.17) is 15.2 Å². The summed E-state index contributed by atoms with van der Waals surface area (Å²) in [6.45, 7) is 4.05. The van der Waals surface area contributed by atoms with Crippen molar-refractivity contribution in [3.8, 4) is 5.75 Å². The second kappa shape index (κ2) is 9.95. The number of aryl methyl sites for hydroxylation is 1. The third-order valence-electron chi connectivity index (χ3n) is 5.53. The largest absolute Gasteiger partial charge is 0.493 e. The number of nitrogens with zero attached hydrogens (tertiary/aromatic N) is 2. The lowest BCUT2D eigenvalue weighted by atomic mass is 10.0. The minimum absolute atomic E-state index is 0.0985. The first kappa shape index (κ1) is 22.7. The van der Waals surface area contributed by atoms with E-state index in [0.717, 1.165) is 23.4 Å². The lowest BCUT2D eigenvalue weighted by molar-refractivity contribution is 0.0266. The molecule has 0 bridgehead atoms. The Morgan fingerprint density at radius 3 is 2.85 bits per heavy atom. The lowest BCUT2D eigenvalue weighted by Gasteiger charge is -2.34. The summed E-state index contributed by atoms with van der Waals surface area (Å²) in [5, 5.41) is 0. The molecule has 2 N–H and O–H groups in total. The highest BCUT2D eigenvalue weighted by molar-refractivity contribution is 6.13. The van der Waals surface area contributed by atoms with E-state index in [1.165, 1.54) is 12.3 Å². The highest BCUT2D eigenvalue weighted by atomic mass is 19.1. The number of rotatable bonds is 7. The fourth-order valence-corrected chi connectivity index (χ4v) is 3.83. The van der Waals surface area contributed by atoms with Gasteiger partial charge in [0.15, 0.2) is 11.6 Å². The van der Waals surface area contributed by atoms with Crippen LogP contribution in [0.5, 0.6) is 5.75 Å². The topological polar surface area (TPSA) is 77.7 Å². The molecule has 3 aromatic rings. The molecule has 1 aliphatic heterocycles. The van der Waals surface area contributed by atoms with Gasteiger partial charge in [0, 0.05) is 31.8 Å². The van der Waals surface area contributed by atoms with Gasteiger partial charge < -0.3 is 20.1 Å². The van der Waals surface area contributed by atoms with Gasteiger partial charge in [-0.1, -0.05) is 12.1 Å². The van der Waals surface area contributed by atoms with Crippen LogP contribution in [0.25, 0.3) is 0 Å². The van der Waals surface area contributed by atoms with Crippen molar-refractivity contribution in [2.75, 3.05) is 36.9 Å². The number of halogens is 2. The van der Waals surface area contributed by atoms with E-state index in [1.807, 2.05) is 36.1 Å². The maximum Gasteiger partial charge on any atom is 0.198 e. The maximum absolute atomic E-state index is 14.1. The number of anilines is 2. The zero-order valence-corrected chi connectivity index (χ0v) is 18.3. The van der Waals surface area contributed by atoms with Crippen LogP contribution in [0.1, 0.15) is 27.9 Å². The van der Waals surface area contributed by atoms with Crippen molar-refractivity contribution in [1.29, 1.82) is 0 Å². The molecule has 0 radical (unpaired) electrons. The van der Waals surface area contributed by atoms with Gasteiger partial charge in [-0.15, -0.1) is 0 Å². The fourth-order valence-electron chi connectivity index (χ4n) is 3.83. The zero-order chi connectivity index (χ0) is 23.4. The number of morpholine rings is 1. The number of nitrogen functional groups attached to an aromatic ring is 1. The summed E-state index contributed by atoms with van der Waals surface area (Å²) < 4.78 is 39.0. The Hall–Kier alpha value is -3.52. The van der Waals surface area contributed by atoms with E-state index in [1.54, 1.807) is 0 Å². The van der Waals surface area contributed by atoms with E-state index in [9.17, 15) is 13.6 Å². The van der Waals surface area contributed by atoms with Crippen molar-refractivity contribution in [3.63, 3.8) is 0 Å². The number of carbonyl (C=O) groups excluding carboxylic acids is 1. The predicted molar refractivity (Wildman–Crippen MR) is 122 cm³/mol. The summed E-state index contributed by atoms with van der Waals surface area (Å²) in [6, 6.07) is 12.1. The van der Waals surface area contributed by atoms with Crippen molar-refractivity contribution in [2.24, 2.45) is 0 Å². The monoisotopic (exact) mass is 453 g/mol. The number of ketones is 1. The highest BCUT2D eigenvalue weighted by Crippen LogP contribution is 2.28. The molecule has 1 atom stereocenters. The number of aromatic nitrogens is 1. The van der Waals surface area contributed by atoms with Crippen LogP contribution < -0.4 is 15.4 Å². The van der Waals surface area contributed by atoms with Gasteiger partial charge in [-0.2, -0.15) is 0 Å². The second-order valence-electron chi connectivity index (χ2n) is 7.94. The first-order chi connectivity index (χ1) is 15.9. The molecule has 0 amide bonds. The van der Waals surface area contributed by atoms with Crippen molar-refractivity contribution in [1.82, 2.24) is 4.98 Å². The van der Waals surface area contributed by atoms with Crippen LogP contribution in [0.3, 0.4) is 0 Å². The Labute approximate surface area is 190 Å². The van der Waals surface area contributed by atoms with Gasteiger partial charge in [-0.25, -0.2) is 13.8 Å². The molecule has 0 saturated carbocycles. The molecule has 1 aromatic heterocycles. The molecule has 0 spiro atoms. The number of benzene rings is 2. The van der Waals surface area contributed by atoms with Crippen LogP contribution in [0, 0.1) is 18.6 Å². The van der Waals surface area contributed by atoms with Gasteiger partial charge in [0.05, 0.1) is 36.1 Å². The Morgan fingerprint density at radius 1 is 1.21 bits per heavy atom. The van der Waals surface area contributed by atoms with Gasteiger partial charge in [0.1, 0.15) is 17.4 Å². The van der Waals surface area contributed by atoms with Crippen molar-refractivity contribution in [3.05, 3.63) is 83.1 Å². The molecule has 2 heterocycles. The van der Waals surface area contributed by atoms with Crippen molar-refractivity contribution < 1.29 is 23.0 Å². The molecule has 172 valence electrons. The van der Waals surface area contributed by atoms with E-state index in [2.05, 4.69) is 4.98 Å². The van der Waals surface area contributed by atoms with E-state index in [0.29, 0.717) is 44.6 Å². The van der Waals surface area contributed by atoms with E-state index in [-0.39, 0.29) is 22.9 Å². The number of carbonyl (C=O) groups is 1. The van der Waals surface area contributed by atoms with Gasteiger partial charge in [-0.05, 0) is 42.8 Å². The number of ether oxygens (including phenoxy) is 2. The normalized spacial score (nSPS) is 16.0. The van der Waals surface area contributed by atoms with Gasteiger partial charge in [-0.3, -0.25) is 4.79 Å². The predicted octanol–water partition coefficient (Wildman–Crippen LogP) is 4.16. The number of nitrogens with two attached hydrogens (primary N) is 1. The van der Waals surface area contributed by atoms with E-state index < -0.39 is 17.4 Å². The molecule has 1 aliphatic rings. The van der Waals surface area contributed by atoms with Gasteiger partial charge >= 0.3 is 0 Å². The zero-order valence-electron chi connectivity index (χ0n) is 18.3. The molecule has 0 aliphatic carbocycles. The minimum atomic E-state index is -0.933. The Bertz CT molecular complexity index is 1160. The second-order valence-corrected chi connectivity index (χ2v) is 7.94. The molecule has 6 nitrogen and oxygen atoms in total. The third-order valence-corrected chi connectivity index (χ3v) is 5.53. The van der Waals surface area contributed by atoms with Crippen molar-refractivity contribution >= 4 is 17.3 Å². The third kappa shape index (κ3) is 5.28. The van der Waals surface area contributed by atoms with Crippen molar-refractivity contribution in [2.45, 2.75) is 19.4 Å². The smallest absolute Gasteiger partial charge is 0.198 e. The molecule has 4 rings (SSSR count). The summed E-state index contributed by atoms with van der Waals surface area (Å²) in [4.78, 5) is 19.2. The molecule has 8 heteroatoms. The Morgan fingerprint density at radius 2 is 2.06 bits per heavy atom. The Kier molecular flexibility index (Phi) is 6.84. The van der Waals surface area contributed by atoms with Gasteiger partial charge in [0.25, 0.3) is 0 Å². The minimum Gasteiger partial charge on any atom is -0.493 e. The first-order valence-electron chi connectivity index (χ1n) is 10.7. The summed E-state index contributed by atoms with van der Waals surface area (Å²) >= 11 is 0. The summed E-state index contributed by atoms with van der Waals surface area (Å²) in [5.74, 6) is -1.05. The van der Waals surface area contributed by atoms with Crippen LogP contribution in [0.2, 0.25) is 0 Å². The molecule has 1 fully saturated rings. The van der Waals surface area contributed by atoms with Crippen LogP contribution in [-0.2, 0) is 4.74 Å². The summed E-state index contributed by atoms with van der Waals surface area (Å²) in [5.41, 5.74) is 7.44. The maximum atomic E-state index is 14.1. The SMILES string of the molecule is Cc1cccc(OCCC2CN(c3nccc(C(=O)c4ccc(F)cc4F)c3N)CCO2)c1. The van der Waals surface area contributed by atoms with Gasteiger partial charge in [0.2, 0.25) is 0 Å². The summed E-state index contributed by atoms with van der Waals surface area (Å²) in [6.07, 6.45) is 2.04. The average molecular weight is 453 g/mol. The lowest BCUT2D eigenvalue weighted by Crippen LogP contribution is -2.43. The van der Waals surface area contributed by atoms with Crippen LogP contribution >= 0.6 is 0 Å². The standard InChI is InChI=1S/C25H25F2N3O3/c1-16-3-2-4-18(13-16)32-11-8-19-15-30(10-12-33-19)25-23(28)21(7-9-29-25)24(31)20-6-5-17(26)14-22(20)27/h2-7,9,13-14,19H,8,10-12,15,28H2,1H3. The number of hydrogen-bond acceptors (Lipinski definition) is 6. The molecule has 1 unspecified atom stereocenters. The molecule has 1 saturated heterocycles. The fraction of sp³-hybridized carbons (Fsp3) is 0.280. The van der Waals surface area contributed by atoms with Crippen LogP contribution in [0.15, 0.2) is 54.7 Å². The molecule has 33 heavy (non-hydrogen) atoms. The average Bonchev–Trinajstić information content (AvgIpc) is 2.79. The van der Waals surface area contributed by atoms with Crippen LogP contribution in [0.4, 0.5) is 20.3 Å². The summed E-state index contributed by atoms with van der Waals surface area (Å²) in [7, 11) is 0. The number of hydrogen-bond donors (Lipinski definition) is 1. The number of pyridine rings is 1. The Balaban J connectivity index is 1.44. The molecule has 2 aromatic carbocycles. The van der Waals surface area contributed by atoms with Crippen LogP contribution in [-0.4, -0.2) is 43.2 Å². The molecular formula is C25H25F2N3O3. The first-order valence-corrected chi connectivity index (χ1v) is 10.7. The van der Waals surface area contributed by atoms with E-state index >= 15 is 0 Å². The highest BCUT2D eigenvalue weighted by Gasteiger charge is 2.26. The quantitative estimate of drug-likeness (QED) is 0.542. The molecular weight excluding hydrogens is 428 g/mol.